The van der Waals surface area contributed by atoms with E-state index >= 15 is 0 Å². The maximum Gasteiger partial charge on any atom is 0.191 e. The van der Waals surface area contributed by atoms with E-state index in [1.807, 2.05) is 0 Å². The minimum atomic E-state index is 0. The Kier molecular flexibility index (Phi) is 9.13. The number of aryl methyl sites for hydroxylation is 2. The summed E-state index contributed by atoms with van der Waals surface area (Å²) in [6, 6.07) is 8.48. The van der Waals surface area contributed by atoms with Gasteiger partial charge >= 0.3 is 0 Å². The summed E-state index contributed by atoms with van der Waals surface area (Å²) in [5.41, 5.74) is 3.74. The average Bonchev–Trinajstić information content (AvgIpc) is 2.97. The van der Waals surface area contributed by atoms with E-state index in [0.717, 1.165) is 36.8 Å². The number of hydrogen-bond acceptors (Lipinski definition) is 3. The third-order valence-corrected chi connectivity index (χ3v) is 4.81. The summed E-state index contributed by atoms with van der Waals surface area (Å²) >= 11 is 1.77. The summed E-state index contributed by atoms with van der Waals surface area (Å²) in [7, 11) is 3.51. The van der Waals surface area contributed by atoms with Gasteiger partial charge in [0.1, 0.15) is 5.75 Å². The van der Waals surface area contributed by atoms with Crippen LogP contribution in [0.1, 0.15) is 21.6 Å². The third kappa shape index (κ3) is 5.98. The van der Waals surface area contributed by atoms with Crippen LogP contribution in [0.2, 0.25) is 0 Å². The molecule has 0 saturated heterocycles. The van der Waals surface area contributed by atoms with Gasteiger partial charge in [-0.05, 0) is 54.5 Å². The molecule has 1 aromatic heterocycles. The molecule has 1 heterocycles. The van der Waals surface area contributed by atoms with Gasteiger partial charge in [-0.15, -0.1) is 35.3 Å². The van der Waals surface area contributed by atoms with Gasteiger partial charge in [0.05, 0.1) is 13.7 Å². The summed E-state index contributed by atoms with van der Waals surface area (Å²) in [6.07, 6.45) is 0.926. The summed E-state index contributed by atoms with van der Waals surface area (Å²) < 4.78 is 5.37. The molecule has 0 atom stereocenters. The topological polar surface area (TPSA) is 45.7 Å². The van der Waals surface area contributed by atoms with Crippen LogP contribution in [-0.2, 0) is 13.0 Å². The minimum Gasteiger partial charge on any atom is -0.496 e. The lowest BCUT2D eigenvalue weighted by Gasteiger charge is -2.12. The second-order valence-electron chi connectivity index (χ2n) is 5.43. The van der Waals surface area contributed by atoms with Gasteiger partial charge in [-0.25, -0.2) is 0 Å². The van der Waals surface area contributed by atoms with Crippen LogP contribution in [0.5, 0.6) is 5.75 Å². The first-order chi connectivity index (χ1) is 11.1. The standard InChI is InChI=1S/C18H25N3OS.HI/c1-13-5-6-15(11-16(13)22-4)7-9-20-18(19-3)21-12-17-14(2)8-10-23-17;/h5-6,8,10-11H,7,9,12H2,1-4H3,(H2,19,20,21);1H. The highest BCUT2D eigenvalue weighted by Crippen LogP contribution is 2.19. The zero-order valence-corrected chi connectivity index (χ0v) is 17.8. The molecule has 0 aliphatic heterocycles. The van der Waals surface area contributed by atoms with Gasteiger partial charge in [0, 0.05) is 18.5 Å². The number of aliphatic imine (C=N–C) groups is 1. The summed E-state index contributed by atoms with van der Waals surface area (Å²) in [4.78, 5) is 5.61. The smallest absolute Gasteiger partial charge is 0.191 e. The third-order valence-electron chi connectivity index (χ3n) is 3.79. The summed E-state index contributed by atoms with van der Waals surface area (Å²) in [5, 5.41) is 8.83. The van der Waals surface area contributed by atoms with Crippen LogP contribution < -0.4 is 15.4 Å². The lowest BCUT2D eigenvalue weighted by Crippen LogP contribution is -2.37. The molecule has 0 saturated carbocycles. The number of hydrogen-bond donors (Lipinski definition) is 2. The molecule has 0 unspecified atom stereocenters. The Balaban J connectivity index is 0.00000288. The van der Waals surface area contributed by atoms with Crippen molar-refractivity contribution in [3.8, 4) is 5.75 Å². The van der Waals surface area contributed by atoms with E-state index in [2.05, 4.69) is 59.1 Å². The van der Waals surface area contributed by atoms with Crippen LogP contribution in [-0.4, -0.2) is 26.7 Å². The second-order valence-corrected chi connectivity index (χ2v) is 6.43. The van der Waals surface area contributed by atoms with Crippen molar-refractivity contribution in [3.05, 3.63) is 51.2 Å². The number of methoxy groups -OCH3 is 1. The number of nitrogens with zero attached hydrogens (tertiary/aromatic N) is 1. The average molecular weight is 459 g/mol. The Morgan fingerprint density at radius 3 is 2.58 bits per heavy atom. The Hall–Kier alpha value is -1.28. The van der Waals surface area contributed by atoms with Crippen molar-refractivity contribution in [2.45, 2.75) is 26.8 Å². The second kappa shape index (κ2) is 10.6. The van der Waals surface area contributed by atoms with Gasteiger partial charge in [0.25, 0.3) is 0 Å². The highest BCUT2D eigenvalue weighted by Gasteiger charge is 2.03. The first kappa shape index (κ1) is 20.8. The van der Waals surface area contributed by atoms with E-state index in [9.17, 15) is 0 Å². The molecule has 132 valence electrons. The number of rotatable bonds is 6. The van der Waals surface area contributed by atoms with E-state index < -0.39 is 0 Å². The van der Waals surface area contributed by atoms with Crippen molar-refractivity contribution < 1.29 is 4.74 Å². The SMILES string of the molecule is CN=C(NCCc1ccc(C)c(OC)c1)NCc1sccc1C.I. The van der Waals surface area contributed by atoms with Crippen molar-refractivity contribution in [1.82, 2.24) is 10.6 Å². The van der Waals surface area contributed by atoms with Crippen molar-refractivity contribution in [1.29, 1.82) is 0 Å². The number of nitrogens with one attached hydrogen (secondary N) is 2. The monoisotopic (exact) mass is 459 g/mol. The van der Waals surface area contributed by atoms with Crippen molar-refractivity contribution >= 4 is 41.3 Å². The zero-order chi connectivity index (χ0) is 16.7. The van der Waals surface area contributed by atoms with Crippen LogP contribution >= 0.6 is 35.3 Å². The lowest BCUT2D eigenvalue weighted by molar-refractivity contribution is 0.411. The first-order valence-corrected chi connectivity index (χ1v) is 8.63. The lowest BCUT2D eigenvalue weighted by atomic mass is 10.1. The molecule has 0 spiro atoms. The molecule has 2 aromatic rings. The zero-order valence-electron chi connectivity index (χ0n) is 14.7. The first-order valence-electron chi connectivity index (χ1n) is 7.75. The van der Waals surface area contributed by atoms with Gasteiger partial charge < -0.3 is 15.4 Å². The molecule has 0 amide bonds. The summed E-state index contributed by atoms with van der Waals surface area (Å²) in [5.74, 6) is 1.77. The van der Waals surface area contributed by atoms with E-state index in [0.29, 0.717) is 0 Å². The highest BCUT2D eigenvalue weighted by atomic mass is 127. The molecule has 1 aromatic carbocycles. The maximum atomic E-state index is 5.37. The van der Waals surface area contributed by atoms with Gasteiger partial charge in [-0.3, -0.25) is 4.99 Å². The largest absolute Gasteiger partial charge is 0.496 e. The molecular formula is C18H26IN3OS. The van der Waals surface area contributed by atoms with Crippen molar-refractivity contribution in [2.75, 3.05) is 20.7 Å². The van der Waals surface area contributed by atoms with Gasteiger partial charge in [-0.1, -0.05) is 12.1 Å². The quantitative estimate of drug-likeness (QED) is 0.392. The van der Waals surface area contributed by atoms with E-state index in [1.165, 1.54) is 16.0 Å². The van der Waals surface area contributed by atoms with Crippen molar-refractivity contribution in [2.24, 2.45) is 4.99 Å². The van der Waals surface area contributed by atoms with Gasteiger partial charge in [0.2, 0.25) is 0 Å². The molecule has 6 heteroatoms. The molecule has 4 nitrogen and oxygen atoms in total. The Morgan fingerprint density at radius 1 is 1.17 bits per heavy atom. The number of halogens is 1. The molecule has 0 fully saturated rings. The molecule has 0 aliphatic carbocycles. The Labute approximate surface area is 165 Å². The fourth-order valence-corrected chi connectivity index (χ4v) is 3.16. The highest BCUT2D eigenvalue weighted by molar-refractivity contribution is 14.0. The van der Waals surface area contributed by atoms with Crippen molar-refractivity contribution in [3.63, 3.8) is 0 Å². The predicted molar refractivity (Wildman–Crippen MR) is 114 cm³/mol. The van der Waals surface area contributed by atoms with E-state index in [4.69, 9.17) is 4.74 Å². The molecule has 24 heavy (non-hydrogen) atoms. The molecule has 0 aliphatic rings. The predicted octanol–water partition coefficient (Wildman–Crippen LogP) is 3.90. The van der Waals surface area contributed by atoms with E-state index in [-0.39, 0.29) is 24.0 Å². The van der Waals surface area contributed by atoms with Crippen LogP contribution in [0, 0.1) is 13.8 Å². The fraction of sp³-hybridized carbons (Fsp3) is 0.389. The number of guanidine groups is 1. The normalized spacial score (nSPS) is 10.9. The van der Waals surface area contributed by atoms with Gasteiger partial charge in [-0.2, -0.15) is 0 Å². The minimum absolute atomic E-state index is 0. The molecule has 0 bridgehead atoms. The molecule has 2 rings (SSSR count). The number of benzene rings is 1. The van der Waals surface area contributed by atoms with Crippen LogP contribution in [0.3, 0.4) is 0 Å². The Bertz CT molecular complexity index is 670. The molecule has 2 N–H and O–H groups in total. The van der Waals surface area contributed by atoms with Gasteiger partial charge in [0.15, 0.2) is 5.96 Å². The Morgan fingerprint density at radius 2 is 1.96 bits per heavy atom. The van der Waals surface area contributed by atoms with E-state index in [1.54, 1.807) is 25.5 Å². The number of thiophene rings is 1. The van der Waals surface area contributed by atoms with Crippen LogP contribution in [0.25, 0.3) is 0 Å². The fourth-order valence-electron chi connectivity index (χ4n) is 2.31. The number of ether oxygens (including phenoxy) is 1. The molecule has 0 radical (unpaired) electrons. The molecular weight excluding hydrogens is 433 g/mol. The van der Waals surface area contributed by atoms with Crippen LogP contribution in [0.15, 0.2) is 34.6 Å². The summed E-state index contributed by atoms with van der Waals surface area (Å²) in [6.45, 7) is 5.82. The van der Waals surface area contributed by atoms with Crippen LogP contribution in [0.4, 0.5) is 0 Å². The maximum absolute atomic E-state index is 5.37.